The number of rotatable bonds is 7. The molecule has 1 N–H and O–H groups in total. The van der Waals surface area contributed by atoms with Gasteiger partial charge in [0.1, 0.15) is 20.8 Å². The predicted octanol–water partition coefficient (Wildman–Crippen LogP) is 0.874. The Morgan fingerprint density at radius 2 is 1.38 bits per heavy atom. The van der Waals surface area contributed by atoms with Gasteiger partial charge in [0.05, 0.1) is 22.0 Å². The predicted molar refractivity (Wildman–Crippen MR) is 129 cm³/mol. The summed E-state index contributed by atoms with van der Waals surface area (Å²) in [6, 6.07) is 16.9. The fraction of sp³-hybridized carbons (Fsp3) is 0.0870. The van der Waals surface area contributed by atoms with Gasteiger partial charge in [-0.2, -0.15) is 13.5 Å². The Morgan fingerprint density at radius 1 is 0.811 bits per heavy atom. The van der Waals surface area contributed by atoms with E-state index in [4.69, 9.17) is 4.18 Å². The van der Waals surface area contributed by atoms with Gasteiger partial charge in [0.25, 0.3) is 5.56 Å². The molecule has 186 valence electrons. The van der Waals surface area contributed by atoms with E-state index in [0.717, 1.165) is 22.4 Å². The average molecular weight is 551 g/mol. The third-order valence-corrected chi connectivity index (χ3v) is 7.15. The van der Waals surface area contributed by atoms with Crippen molar-refractivity contribution in [2.75, 3.05) is 0 Å². The number of hydrogen-bond donors (Lipinski definition) is 1. The van der Waals surface area contributed by atoms with E-state index in [0.29, 0.717) is 17.1 Å². The number of nitrogens with zero attached hydrogens (tertiary/aromatic N) is 3. The zero-order valence-electron chi connectivity index (χ0n) is 19.9. The Balaban J connectivity index is 0.00000380. The molecule has 0 bridgehead atoms. The van der Waals surface area contributed by atoms with Crippen molar-refractivity contribution < 1.29 is 55.1 Å². The molecule has 4 aromatic rings. The molecule has 1 heterocycles. The van der Waals surface area contributed by atoms with E-state index in [-0.39, 0.29) is 45.9 Å². The molecular formula is C23H19N4NaO7S2. The molecule has 0 amide bonds. The van der Waals surface area contributed by atoms with Crippen molar-refractivity contribution in [1.82, 2.24) is 9.78 Å². The molecule has 0 spiro atoms. The van der Waals surface area contributed by atoms with Crippen molar-refractivity contribution in [2.24, 2.45) is 10.2 Å². The molecule has 0 saturated carbocycles. The second-order valence-electron chi connectivity index (χ2n) is 7.72. The number of hydrogen-bond acceptors (Lipinski definition) is 9. The van der Waals surface area contributed by atoms with Gasteiger partial charge in [-0.05, 0) is 74.5 Å². The van der Waals surface area contributed by atoms with Gasteiger partial charge in [-0.3, -0.25) is 9.89 Å². The van der Waals surface area contributed by atoms with Gasteiger partial charge in [0.15, 0.2) is 5.69 Å². The second-order valence-corrected chi connectivity index (χ2v) is 10.6. The molecule has 1 aromatic heterocycles. The summed E-state index contributed by atoms with van der Waals surface area (Å²) in [4.78, 5) is 12.4. The summed E-state index contributed by atoms with van der Waals surface area (Å²) in [7, 11) is -8.60. The van der Waals surface area contributed by atoms with Crippen LogP contribution >= 0.6 is 0 Å². The van der Waals surface area contributed by atoms with Crippen molar-refractivity contribution in [3.63, 3.8) is 0 Å². The van der Waals surface area contributed by atoms with Gasteiger partial charge >= 0.3 is 39.7 Å². The van der Waals surface area contributed by atoms with Crippen LogP contribution in [0.25, 0.3) is 5.69 Å². The quantitative estimate of drug-likeness (QED) is 0.154. The standard InChI is InChI=1S/C23H20N4O7S2.Na/c1-15-3-11-21(12-4-15)36(32,33)34-19-9-5-17(6-10-19)24-25-22-16(2)26-27(23(22)28)18-7-13-20(14-8-18)35(29,30)31;/h3-14,26H,1-2H3,(H,29,30,31);/q;+1/p-1. The first-order chi connectivity index (χ1) is 16.9. The van der Waals surface area contributed by atoms with E-state index in [1.165, 1.54) is 48.5 Å². The van der Waals surface area contributed by atoms with Crippen LogP contribution in [0, 0.1) is 13.8 Å². The van der Waals surface area contributed by atoms with E-state index >= 15 is 0 Å². The monoisotopic (exact) mass is 550 g/mol. The third kappa shape index (κ3) is 6.63. The zero-order chi connectivity index (χ0) is 26.1. The van der Waals surface area contributed by atoms with Gasteiger partial charge in [0.2, 0.25) is 0 Å². The maximum absolute atomic E-state index is 12.8. The summed E-state index contributed by atoms with van der Waals surface area (Å²) < 4.78 is 64.4. The minimum Gasteiger partial charge on any atom is -0.744 e. The molecule has 0 atom stereocenters. The molecule has 0 saturated heterocycles. The van der Waals surface area contributed by atoms with Crippen LogP contribution in [0.5, 0.6) is 5.75 Å². The molecule has 11 nitrogen and oxygen atoms in total. The number of nitrogens with one attached hydrogen (secondary N) is 1. The number of aromatic nitrogens is 2. The van der Waals surface area contributed by atoms with Crippen molar-refractivity contribution in [2.45, 2.75) is 23.6 Å². The van der Waals surface area contributed by atoms with Crippen molar-refractivity contribution in [3.8, 4) is 11.4 Å². The van der Waals surface area contributed by atoms with Gasteiger partial charge < -0.3 is 8.74 Å². The van der Waals surface area contributed by atoms with Gasteiger partial charge in [-0.25, -0.2) is 13.1 Å². The molecule has 0 aliphatic heterocycles. The van der Waals surface area contributed by atoms with Crippen LogP contribution in [0.1, 0.15) is 11.3 Å². The topological polar surface area (TPSA) is 163 Å². The van der Waals surface area contributed by atoms with Crippen LogP contribution in [0.2, 0.25) is 0 Å². The normalized spacial score (nSPS) is 11.9. The first-order valence-electron chi connectivity index (χ1n) is 10.3. The van der Waals surface area contributed by atoms with Gasteiger partial charge in [-0.15, -0.1) is 5.11 Å². The Labute approximate surface area is 235 Å². The number of H-pyrrole nitrogens is 1. The Morgan fingerprint density at radius 3 is 1.95 bits per heavy atom. The fourth-order valence-corrected chi connectivity index (χ4v) is 4.55. The smallest absolute Gasteiger partial charge is 0.744 e. The van der Waals surface area contributed by atoms with Crippen LogP contribution in [0.4, 0.5) is 11.4 Å². The molecule has 0 aliphatic carbocycles. The minimum atomic E-state index is -4.61. The first kappa shape index (κ1) is 28.5. The summed E-state index contributed by atoms with van der Waals surface area (Å²) in [5, 5.41) is 10.8. The Kier molecular flexibility index (Phi) is 8.57. The zero-order valence-corrected chi connectivity index (χ0v) is 23.6. The Bertz CT molecular complexity index is 1710. The molecule has 14 heteroatoms. The summed E-state index contributed by atoms with van der Waals surface area (Å²) in [6.07, 6.45) is 0. The van der Waals surface area contributed by atoms with Crippen LogP contribution in [0.15, 0.2) is 97.6 Å². The van der Waals surface area contributed by atoms with Gasteiger partial charge in [0, 0.05) is 0 Å². The third-order valence-electron chi connectivity index (χ3n) is 5.04. The second kappa shape index (κ2) is 11.1. The van der Waals surface area contributed by atoms with E-state index in [1.54, 1.807) is 19.1 Å². The number of aryl methyl sites for hydroxylation is 2. The van der Waals surface area contributed by atoms with E-state index < -0.39 is 30.7 Å². The van der Waals surface area contributed by atoms with E-state index in [9.17, 15) is 26.2 Å². The van der Waals surface area contributed by atoms with Crippen LogP contribution in [0.3, 0.4) is 0 Å². The SMILES string of the molecule is Cc1ccc(S(=O)(=O)Oc2ccc(N=Nc3c(C)[nH]n(-c4ccc(S(=O)(=O)[O-])cc4)c3=O)cc2)cc1.[Na+]. The molecule has 4 rings (SSSR count). The molecule has 0 unspecified atom stereocenters. The summed E-state index contributed by atoms with van der Waals surface area (Å²) in [5.41, 5.74) is 1.42. The molecule has 0 aliphatic rings. The summed E-state index contributed by atoms with van der Waals surface area (Å²) in [6.45, 7) is 3.45. The maximum Gasteiger partial charge on any atom is 1.00 e. The van der Waals surface area contributed by atoms with Gasteiger partial charge in [-0.1, -0.05) is 17.7 Å². The molecule has 37 heavy (non-hydrogen) atoms. The minimum absolute atomic E-state index is 0. The van der Waals surface area contributed by atoms with Crippen molar-refractivity contribution >= 4 is 31.6 Å². The molecule has 0 radical (unpaired) electrons. The van der Waals surface area contributed by atoms with E-state index in [2.05, 4.69) is 15.3 Å². The summed E-state index contributed by atoms with van der Waals surface area (Å²) in [5.74, 6) is 0.0817. The van der Waals surface area contributed by atoms with Crippen molar-refractivity contribution in [3.05, 3.63) is 94.4 Å². The van der Waals surface area contributed by atoms with Crippen LogP contribution < -0.4 is 39.3 Å². The summed E-state index contributed by atoms with van der Waals surface area (Å²) >= 11 is 0. The first-order valence-corrected chi connectivity index (χ1v) is 13.2. The number of aromatic amines is 1. The number of azo groups is 1. The van der Waals surface area contributed by atoms with E-state index in [1.807, 2.05) is 6.92 Å². The fourth-order valence-electron chi connectivity index (χ4n) is 3.16. The van der Waals surface area contributed by atoms with Crippen molar-refractivity contribution in [1.29, 1.82) is 0 Å². The number of benzene rings is 3. The Hall–Kier alpha value is -3.07. The van der Waals surface area contributed by atoms with Crippen LogP contribution in [-0.4, -0.2) is 31.2 Å². The maximum atomic E-state index is 12.8. The molecule has 3 aromatic carbocycles. The molecular weight excluding hydrogens is 531 g/mol. The average Bonchev–Trinajstić information content (AvgIpc) is 3.11. The largest absolute Gasteiger partial charge is 1.00 e. The molecule has 0 fully saturated rings. The van der Waals surface area contributed by atoms with Crippen LogP contribution in [-0.2, 0) is 20.2 Å².